The Morgan fingerprint density at radius 2 is 1.67 bits per heavy atom. The summed E-state index contributed by atoms with van der Waals surface area (Å²) in [6, 6.07) is 6.70. The average Bonchev–Trinajstić information content (AvgIpc) is 2.16. The van der Waals surface area contributed by atoms with E-state index in [4.69, 9.17) is 4.74 Å². The Balaban J connectivity index is 3.11. The maximum absolute atomic E-state index is 11.3. The van der Waals surface area contributed by atoms with Gasteiger partial charge in [0.05, 0.1) is 12.3 Å². The lowest BCUT2D eigenvalue weighted by molar-refractivity contribution is 0.338. The molecule has 0 fully saturated rings. The van der Waals surface area contributed by atoms with Crippen LogP contribution in [0.15, 0.2) is 24.3 Å². The summed E-state index contributed by atoms with van der Waals surface area (Å²) in [6.07, 6.45) is 0. The summed E-state index contributed by atoms with van der Waals surface area (Å²) in [7, 11) is -2.61. The summed E-state index contributed by atoms with van der Waals surface area (Å²) in [5.41, 5.74) is 0.594. The lowest BCUT2D eigenvalue weighted by atomic mass is 10.0. The molecule has 84 valence electrons. The molecule has 15 heavy (non-hydrogen) atoms. The average molecular weight is 230 g/mol. The van der Waals surface area contributed by atoms with E-state index in [0.29, 0.717) is 11.3 Å². The van der Waals surface area contributed by atoms with Gasteiger partial charge in [-0.05, 0) is 31.5 Å². The zero-order valence-electron chi connectivity index (χ0n) is 8.97. The quantitative estimate of drug-likeness (QED) is 0.780. The van der Waals surface area contributed by atoms with E-state index >= 15 is 0 Å². The van der Waals surface area contributed by atoms with Gasteiger partial charge in [-0.15, -0.1) is 0 Å². The molecule has 0 bridgehead atoms. The molecular formula is C10H15O4P. The normalized spacial score (nSPS) is 12.6. The molecule has 1 rings (SSSR count). The predicted molar refractivity (Wildman–Crippen MR) is 58.1 cm³/mol. The molecule has 0 aliphatic carbocycles. The molecule has 0 unspecified atom stereocenters. The molecule has 0 amide bonds. The monoisotopic (exact) mass is 230 g/mol. The van der Waals surface area contributed by atoms with Crippen molar-refractivity contribution < 1.29 is 19.1 Å². The second kappa shape index (κ2) is 3.97. The molecule has 0 aliphatic heterocycles. The molecule has 2 N–H and O–H groups in total. The second-order valence-electron chi connectivity index (χ2n) is 3.83. The SMILES string of the molecule is COc1ccc(C(C)(C)P(=O)(O)O)cc1. The molecule has 1 aromatic carbocycles. The van der Waals surface area contributed by atoms with Gasteiger partial charge in [0, 0.05) is 0 Å². The number of rotatable bonds is 3. The van der Waals surface area contributed by atoms with E-state index in [1.807, 2.05) is 0 Å². The third-order valence-electron chi connectivity index (χ3n) is 2.52. The molecule has 0 radical (unpaired) electrons. The highest BCUT2D eigenvalue weighted by Gasteiger charge is 2.39. The molecular weight excluding hydrogens is 215 g/mol. The fraction of sp³-hybridized carbons (Fsp3) is 0.400. The van der Waals surface area contributed by atoms with Gasteiger partial charge in [0.25, 0.3) is 0 Å². The highest BCUT2D eigenvalue weighted by atomic mass is 31.2. The lowest BCUT2D eigenvalue weighted by Crippen LogP contribution is -2.17. The van der Waals surface area contributed by atoms with Crippen molar-refractivity contribution in [1.82, 2.24) is 0 Å². The van der Waals surface area contributed by atoms with Crippen LogP contribution in [-0.4, -0.2) is 16.9 Å². The van der Waals surface area contributed by atoms with Crippen molar-refractivity contribution in [1.29, 1.82) is 0 Å². The summed E-state index contributed by atoms with van der Waals surface area (Å²) in [4.78, 5) is 18.4. The van der Waals surface area contributed by atoms with Crippen molar-refractivity contribution in [3.63, 3.8) is 0 Å². The van der Waals surface area contributed by atoms with Crippen LogP contribution in [0.5, 0.6) is 5.75 Å². The van der Waals surface area contributed by atoms with Gasteiger partial charge in [-0.3, -0.25) is 4.57 Å². The van der Waals surface area contributed by atoms with Crippen molar-refractivity contribution in [3.8, 4) is 5.75 Å². The summed E-state index contributed by atoms with van der Waals surface area (Å²) in [6.45, 7) is 3.05. The Bertz CT molecular complexity index is 377. The van der Waals surface area contributed by atoms with Crippen LogP contribution in [-0.2, 0) is 9.72 Å². The molecule has 0 spiro atoms. The molecule has 0 heterocycles. The minimum Gasteiger partial charge on any atom is -0.497 e. The zero-order valence-corrected chi connectivity index (χ0v) is 9.86. The van der Waals surface area contributed by atoms with Crippen LogP contribution in [0, 0.1) is 0 Å². The van der Waals surface area contributed by atoms with Gasteiger partial charge < -0.3 is 14.5 Å². The first kappa shape index (κ1) is 12.2. The fourth-order valence-corrected chi connectivity index (χ4v) is 1.65. The van der Waals surface area contributed by atoms with E-state index in [1.165, 1.54) is 13.8 Å². The molecule has 0 aromatic heterocycles. The summed E-state index contributed by atoms with van der Waals surface area (Å²) < 4.78 is 16.2. The van der Waals surface area contributed by atoms with Gasteiger partial charge in [0.15, 0.2) is 0 Å². The maximum atomic E-state index is 11.3. The Labute approximate surface area is 89.1 Å². The summed E-state index contributed by atoms with van der Waals surface area (Å²) >= 11 is 0. The van der Waals surface area contributed by atoms with Crippen LogP contribution in [0.3, 0.4) is 0 Å². The van der Waals surface area contributed by atoms with Crippen molar-refractivity contribution >= 4 is 7.60 Å². The first-order valence-electron chi connectivity index (χ1n) is 4.49. The zero-order chi connectivity index (χ0) is 11.7. The number of hydrogen-bond acceptors (Lipinski definition) is 2. The van der Waals surface area contributed by atoms with Gasteiger partial charge in [-0.2, -0.15) is 0 Å². The van der Waals surface area contributed by atoms with Crippen molar-refractivity contribution in [2.75, 3.05) is 7.11 Å². The summed E-state index contributed by atoms with van der Waals surface area (Å²) in [5.74, 6) is 0.667. The maximum Gasteiger partial charge on any atom is 0.335 e. The van der Waals surface area contributed by atoms with E-state index in [-0.39, 0.29) is 0 Å². The smallest absolute Gasteiger partial charge is 0.335 e. The topological polar surface area (TPSA) is 66.8 Å². The van der Waals surface area contributed by atoms with Gasteiger partial charge in [-0.25, -0.2) is 0 Å². The second-order valence-corrected chi connectivity index (χ2v) is 6.04. The van der Waals surface area contributed by atoms with Crippen LogP contribution in [0.4, 0.5) is 0 Å². The van der Waals surface area contributed by atoms with Crippen molar-refractivity contribution in [2.24, 2.45) is 0 Å². The highest BCUT2D eigenvalue weighted by Crippen LogP contribution is 2.56. The van der Waals surface area contributed by atoms with Gasteiger partial charge in [-0.1, -0.05) is 12.1 Å². The number of methoxy groups -OCH3 is 1. The van der Waals surface area contributed by atoms with E-state index in [0.717, 1.165) is 0 Å². The van der Waals surface area contributed by atoms with E-state index in [1.54, 1.807) is 31.4 Å². The lowest BCUT2D eigenvalue weighted by Gasteiger charge is -2.26. The van der Waals surface area contributed by atoms with Crippen LogP contribution in [0.2, 0.25) is 0 Å². The molecule has 1 aromatic rings. The van der Waals surface area contributed by atoms with Gasteiger partial charge in [0.1, 0.15) is 5.75 Å². The van der Waals surface area contributed by atoms with E-state index in [9.17, 15) is 14.4 Å². The minimum absolute atomic E-state index is 0.594. The number of benzene rings is 1. The fourth-order valence-electron chi connectivity index (χ4n) is 1.17. The van der Waals surface area contributed by atoms with Crippen LogP contribution in [0.1, 0.15) is 19.4 Å². The molecule has 0 saturated heterocycles. The van der Waals surface area contributed by atoms with E-state index in [2.05, 4.69) is 0 Å². The van der Waals surface area contributed by atoms with Gasteiger partial charge in [0.2, 0.25) is 0 Å². The summed E-state index contributed by atoms with van der Waals surface area (Å²) in [5, 5.41) is -1.17. The van der Waals surface area contributed by atoms with Gasteiger partial charge >= 0.3 is 7.60 Å². The minimum atomic E-state index is -4.15. The molecule has 5 heteroatoms. The first-order chi connectivity index (χ1) is 6.79. The molecule has 0 aliphatic rings. The van der Waals surface area contributed by atoms with Crippen LogP contribution >= 0.6 is 7.60 Å². The van der Waals surface area contributed by atoms with Crippen molar-refractivity contribution in [2.45, 2.75) is 19.0 Å². The van der Waals surface area contributed by atoms with Crippen molar-refractivity contribution in [3.05, 3.63) is 29.8 Å². The van der Waals surface area contributed by atoms with Crippen LogP contribution in [0.25, 0.3) is 0 Å². The Morgan fingerprint density at radius 3 is 2.00 bits per heavy atom. The number of ether oxygens (including phenoxy) is 1. The molecule has 4 nitrogen and oxygen atoms in total. The molecule has 0 atom stereocenters. The Morgan fingerprint density at radius 1 is 1.20 bits per heavy atom. The van der Waals surface area contributed by atoms with Crippen LogP contribution < -0.4 is 4.74 Å². The first-order valence-corrected chi connectivity index (χ1v) is 6.10. The third kappa shape index (κ3) is 2.40. The highest BCUT2D eigenvalue weighted by molar-refractivity contribution is 7.53. The molecule has 0 saturated carbocycles. The number of hydrogen-bond donors (Lipinski definition) is 2. The Kier molecular flexibility index (Phi) is 3.24. The Hall–Kier alpha value is -0.830. The largest absolute Gasteiger partial charge is 0.497 e. The third-order valence-corrected chi connectivity index (χ3v) is 4.24. The predicted octanol–water partition coefficient (Wildman–Crippen LogP) is 2.11. The standard InChI is InChI=1S/C10H15O4P/c1-10(2,15(11,12)13)8-4-6-9(14-3)7-5-8/h4-7H,1-3H3,(H2,11,12,13). The van der Waals surface area contributed by atoms with E-state index < -0.39 is 12.8 Å².